The number of nitrogens with zero attached hydrogens (tertiary/aromatic N) is 1. The SMILES string of the molecule is CCOc1ccc(F)c([C@@H](Nc2ccc(CN)c(F)c2)C(=O)N2CCC[C@@H]2c2cc(NC(=O)OC)ccc2S(=O)(=O)C(C)C)c1. The van der Waals surface area contributed by atoms with Crippen LogP contribution in [0.1, 0.15) is 62.4 Å². The van der Waals surface area contributed by atoms with E-state index in [0.29, 0.717) is 30.8 Å². The maximum absolute atomic E-state index is 15.5. The molecule has 0 bridgehead atoms. The molecular weight excluding hydrogens is 606 g/mol. The summed E-state index contributed by atoms with van der Waals surface area (Å²) in [5.74, 6) is -1.50. The summed E-state index contributed by atoms with van der Waals surface area (Å²) in [6.07, 6.45) is 0.184. The van der Waals surface area contributed by atoms with E-state index in [4.69, 9.17) is 15.2 Å². The molecule has 0 spiro atoms. The minimum atomic E-state index is -3.82. The number of anilines is 2. The van der Waals surface area contributed by atoms with E-state index < -0.39 is 50.8 Å². The van der Waals surface area contributed by atoms with E-state index in [0.717, 1.165) is 0 Å². The highest BCUT2D eigenvalue weighted by molar-refractivity contribution is 7.92. The largest absolute Gasteiger partial charge is 0.494 e. The third kappa shape index (κ3) is 7.36. The molecule has 2 amide bonds. The van der Waals surface area contributed by atoms with E-state index in [9.17, 15) is 22.4 Å². The van der Waals surface area contributed by atoms with Crippen LogP contribution in [-0.2, 0) is 25.9 Å². The summed E-state index contributed by atoms with van der Waals surface area (Å²) in [6.45, 7) is 5.40. The van der Waals surface area contributed by atoms with Gasteiger partial charge in [-0.3, -0.25) is 10.1 Å². The summed E-state index contributed by atoms with van der Waals surface area (Å²) < 4.78 is 67.4. The summed E-state index contributed by atoms with van der Waals surface area (Å²) in [4.78, 5) is 27.9. The van der Waals surface area contributed by atoms with Gasteiger partial charge in [0.05, 0.1) is 29.9 Å². The van der Waals surface area contributed by atoms with Crippen LogP contribution in [0, 0.1) is 11.6 Å². The van der Waals surface area contributed by atoms with Gasteiger partial charge in [0.25, 0.3) is 0 Å². The van der Waals surface area contributed by atoms with Crippen molar-refractivity contribution in [1.29, 1.82) is 0 Å². The Kier molecular flexibility index (Phi) is 10.7. The first-order chi connectivity index (χ1) is 21.4. The van der Waals surface area contributed by atoms with Crippen molar-refractivity contribution in [3.8, 4) is 5.75 Å². The maximum Gasteiger partial charge on any atom is 0.411 e. The Morgan fingerprint density at radius 2 is 1.78 bits per heavy atom. The average Bonchev–Trinajstić information content (AvgIpc) is 3.50. The third-order valence-corrected chi connectivity index (χ3v) is 9.91. The van der Waals surface area contributed by atoms with Gasteiger partial charge in [-0.05, 0) is 87.7 Å². The first-order valence-electron chi connectivity index (χ1n) is 14.6. The molecule has 3 aromatic rings. The predicted molar refractivity (Wildman–Crippen MR) is 167 cm³/mol. The summed E-state index contributed by atoms with van der Waals surface area (Å²) in [5.41, 5.74) is 6.65. The zero-order valence-corrected chi connectivity index (χ0v) is 26.4. The maximum atomic E-state index is 15.5. The minimum absolute atomic E-state index is 0.0195. The number of amides is 2. The van der Waals surface area contributed by atoms with Gasteiger partial charge in [0.15, 0.2) is 9.84 Å². The minimum Gasteiger partial charge on any atom is -0.494 e. The number of halogens is 2. The van der Waals surface area contributed by atoms with Gasteiger partial charge in [-0.15, -0.1) is 0 Å². The van der Waals surface area contributed by atoms with Gasteiger partial charge in [-0.1, -0.05) is 6.07 Å². The van der Waals surface area contributed by atoms with Crippen molar-refractivity contribution in [3.05, 3.63) is 82.9 Å². The molecule has 1 aliphatic rings. The Bertz CT molecular complexity index is 1670. The van der Waals surface area contributed by atoms with E-state index in [1.54, 1.807) is 26.8 Å². The zero-order valence-electron chi connectivity index (χ0n) is 25.6. The molecular formula is C32H38F2N4O6S. The monoisotopic (exact) mass is 644 g/mol. The Morgan fingerprint density at radius 1 is 1.04 bits per heavy atom. The number of likely N-dealkylation sites (tertiary alicyclic amines) is 1. The number of rotatable bonds is 11. The number of benzene rings is 3. The Hall–Kier alpha value is -4.23. The van der Waals surface area contributed by atoms with E-state index in [1.165, 1.54) is 60.5 Å². The van der Waals surface area contributed by atoms with Crippen molar-refractivity contribution in [1.82, 2.24) is 4.90 Å². The molecule has 242 valence electrons. The van der Waals surface area contributed by atoms with Crippen molar-refractivity contribution in [2.45, 2.75) is 62.4 Å². The van der Waals surface area contributed by atoms with Crippen LogP contribution in [0.25, 0.3) is 0 Å². The number of carbonyl (C=O) groups is 2. The van der Waals surface area contributed by atoms with Gasteiger partial charge in [0.1, 0.15) is 23.4 Å². The van der Waals surface area contributed by atoms with Crippen LogP contribution in [0.3, 0.4) is 0 Å². The van der Waals surface area contributed by atoms with Crippen LogP contribution in [-0.4, -0.2) is 50.8 Å². The predicted octanol–water partition coefficient (Wildman–Crippen LogP) is 5.70. The summed E-state index contributed by atoms with van der Waals surface area (Å²) in [5, 5.41) is 4.78. The highest BCUT2D eigenvalue weighted by atomic mass is 32.2. The van der Waals surface area contributed by atoms with Crippen LogP contribution in [0.5, 0.6) is 5.75 Å². The van der Waals surface area contributed by atoms with Gasteiger partial charge < -0.3 is 25.4 Å². The van der Waals surface area contributed by atoms with Gasteiger partial charge in [-0.2, -0.15) is 0 Å². The fourth-order valence-corrected chi connectivity index (χ4v) is 6.62. The fraction of sp³-hybridized carbons (Fsp3) is 0.375. The molecule has 3 aromatic carbocycles. The second-order valence-corrected chi connectivity index (χ2v) is 13.3. The van der Waals surface area contributed by atoms with E-state index in [2.05, 4.69) is 10.6 Å². The number of hydrogen-bond acceptors (Lipinski definition) is 8. The van der Waals surface area contributed by atoms with Gasteiger partial charge in [-0.25, -0.2) is 22.0 Å². The van der Waals surface area contributed by atoms with E-state index >= 15 is 4.39 Å². The molecule has 0 saturated carbocycles. The molecule has 10 nitrogen and oxygen atoms in total. The van der Waals surface area contributed by atoms with E-state index in [1.807, 2.05) is 0 Å². The molecule has 45 heavy (non-hydrogen) atoms. The van der Waals surface area contributed by atoms with Gasteiger partial charge in [0, 0.05) is 35.6 Å². The molecule has 4 N–H and O–H groups in total. The second-order valence-electron chi connectivity index (χ2n) is 10.9. The van der Waals surface area contributed by atoms with Crippen LogP contribution in [0.2, 0.25) is 0 Å². The summed E-state index contributed by atoms with van der Waals surface area (Å²) in [7, 11) is -2.62. The number of methoxy groups -OCH3 is 1. The molecule has 1 heterocycles. The average molecular weight is 645 g/mol. The highest BCUT2D eigenvalue weighted by Crippen LogP contribution is 2.40. The summed E-state index contributed by atoms with van der Waals surface area (Å²) >= 11 is 0. The standard InChI is InChI=1S/C32H38F2N4O6S/c1-5-44-23-11-12-26(33)24(17-23)30(36-22-9-8-20(18-35)27(34)16-22)31(39)38-14-6-7-28(38)25-15-21(37-32(40)43-4)10-13-29(25)45(41,42)19(2)3/h8-13,15-17,19,28,30,36H,5-7,14,18,35H2,1-4H3,(H,37,40)/t28-,30-/m1/s1. The first-order valence-corrected chi connectivity index (χ1v) is 16.2. The third-order valence-electron chi connectivity index (χ3n) is 7.68. The Labute approximate surface area is 261 Å². The lowest BCUT2D eigenvalue weighted by atomic mass is 10.00. The highest BCUT2D eigenvalue weighted by Gasteiger charge is 2.39. The van der Waals surface area contributed by atoms with Crippen molar-refractivity contribution in [2.24, 2.45) is 5.73 Å². The second kappa shape index (κ2) is 14.2. The zero-order chi connectivity index (χ0) is 32.9. The number of nitrogens with one attached hydrogen (secondary N) is 2. The van der Waals surface area contributed by atoms with Crippen LogP contribution in [0.15, 0.2) is 59.5 Å². The topological polar surface area (TPSA) is 140 Å². The quantitative estimate of drug-likeness (QED) is 0.242. The number of ether oxygens (including phenoxy) is 2. The number of sulfone groups is 1. The van der Waals surface area contributed by atoms with Gasteiger partial charge in [0.2, 0.25) is 5.91 Å². The van der Waals surface area contributed by atoms with Gasteiger partial charge >= 0.3 is 6.09 Å². The lowest BCUT2D eigenvalue weighted by Gasteiger charge is -2.32. The molecule has 0 radical (unpaired) electrons. The first kappa shape index (κ1) is 33.7. The van der Waals surface area contributed by atoms with Crippen molar-refractivity contribution in [3.63, 3.8) is 0 Å². The van der Waals surface area contributed by atoms with Crippen molar-refractivity contribution >= 4 is 33.2 Å². The molecule has 0 aromatic heterocycles. The van der Waals surface area contributed by atoms with Crippen molar-refractivity contribution < 1.29 is 36.3 Å². The molecule has 0 unspecified atom stereocenters. The fourth-order valence-electron chi connectivity index (χ4n) is 5.33. The smallest absolute Gasteiger partial charge is 0.411 e. The van der Waals surface area contributed by atoms with Crippen LogP contribution >= 0.6 is 0 Å². The lowest BCUT2D eigenvalue weighted by Crippen LogP contribution is -2.38. The molecule has 0 aliphatic carbocycles. The molecule has 1 saturated heterocycles. The number of hydrogen-bond donors (Lipinski definition) is 3. The molecule has 2 atom stereocenters. The molecule has 4 rings (SSSR count). The number of carbonyl (C=O) groups excluding carboxylic acids is 2. The summed E-state index contributed by atoms with van der Waals surface area (Å²) in [6, 6.07) is 10.6. The van der Waals surface area contributed by atoms with Crippen LogP contribution < -0.4 is 21.1 Å². The normalized spacial score (nSPS) is 15.6. The lowest BCUT2D eigenvalue weighted by molar-refractivity contribution is -0.133. The Balaban J connectivity index is 1.83. The molecule has 13 heteroatoms. The van der Waals surface area contributed by atoms with Crippen molar-refractivity contribution in [2.75, 3.05) is 30.9 Å². The molecule has 1 aliphatic heterocycles. The number of nitrogens with two attached hydrogens (primary N) is 1. The van der Waals surface area contributed by atoms with Crippen LogP contribution in [0.4, 0.5) is 25.0 Å². The molecule has 1 fully saturated rings. The van der Waals surface area contributed by atoms with E-state index in [-0.39, 0.29) is 40.5 Å². The Morgan fingerprint density at radius 3 is 2.42 bits per heavy atom.